The molecule has 0 aliphatic carbocycles. The first-order valence-corrected chi connectivity index (χ1v) is 6.07. The Balaban J connectivity index is 2.64. The molecule has 1 unspecified atom stereocenters. The van der Waals surface area contributed by atoms with Crippen molar-refractivity contribution in [2.24, 2.45) is 0 Å². The van der Waals surface area contributed by atoms with E-state index in [0.29, 0.717) is 0 Å². The molecular weight excluding hydrogens is 228 g/mol. The van der Waals surface area contributed by atoms with Crippen molar-refractivity contribution in [2.75, 3.05) is 21.2 Å². The highest BCUT2D eigenvalue weighted by atomic mass is 16.5. The molecule has 2 atom stereocenters. The third-order valence-corrected chi connectivity index (χ3v) is 2.93. The molecule has 0 saturated carbocycles. The Morgan fingerprint density at radius 2 is 1.78 bits per heavy atom. The van der Waals surface area contributed by atoms with Crippen molar-refractivity contribution in [3.05, 3.63) is 29.8 Å². The van der Waals surface area contributed by atoms with Gasteiger partial charge in [0.15, 0.2) is 0 Å². The topological polar surface area (TPSA) is 41.6 Å². The van der Waals surface area contributed by atoms with E-state index in [2.05, 4.69) is 5.32 Å². The maximum atomic E-state index is 11.8. The standard InChI is InChI=1S/C14H22N2O2/c1-10(15-11(2)14(17)16(3)4)12-6-8-13(18-5)9-7-12/h6-11,15H,1-5H3/t10-,11?/m0/s1. The van der Waals surface area contributed by atoms with Gasteiger partial charge in [-0.15, -0.1) is 0 Å². The Kier molecular flexibility index (Phi) is 5.16. The zero-order chi connectivity index (χ0) is 13.7. The fourth-order valence-electron chi connectivity index (χ4n) is 1.82. The summed E-state index contributed by atoms with van der Waals surface area (Å²) in [6, 6.07) is 7.77. The fraction of sp³-hybridized carbons (Fsp3) is 0.500. The fourth-order valence-corrected chi connectivity index (χ4v) is 1.82. The van der Waals surface area contributed by atoms with Gasteiger partial charge in [0.25, 0.3) is 0 Å². The number of benzene rings is 1. The number of hydrogen-bond acceptors (Lipinski definition) is 3. The zero-order valence-electron chi connectivity index (χ0n) is 11.7. The number of nitrogens with zero attached hydrogens (tertiary/aromatic N) is 1. The van der Waals surface area contributed by atoms with Gasteiger partial charge in [-0.05, 0) is 31.5 Å². The largest absolute Gasteiger partial charge is 0.497 e. The van der Waals surface area contributed by atoms with Crippen molar-refractivity contribution >= 4 is 5.91 Å². The average molecular weight is 250 g/mol. The second-order valence-corrected chi connectivity index (χ2v) is 4.62. The van der Waals surface area contributed by atoms with Crippen molar-refractivity contribution in [3.8, 4) is 5.75 Å². The van der Waals surface area contributed by atoms with E-state index in [1.54, 1.807) is 26.1 Å². The smallest absolute Gasteiger partial charge is 0.238 e. The summed E-state index contributed by atoms with van der Waals surface area (Å²) in [6.07, 6.45) is 0. The molecule has 1 N–H and O–H groups in total. The Morgan fingerprint density at radius 1 is 1.22 bits per heavy atom. The van der Waals surface area contributed by atoms with E-state index >= 15 is 0 Å². The Bertz CT molecular complexity index is 387. The Hall–Kier alpha value is -1.55. The van der Waals surface area contributed by atoms with Crippen LogP contribution < -0.4 is 10.1 Å². The summed E-state index contributed by atoms with van der Waals surface area (Å²) >= 11 is 0. The third-order valence-electron chi connectivity index (χ3n) is 2.93. The van der Waals surface area contributed by atoms with Gasteiger partial charge < -0.3 is 9.64 Å². The van der Waals surface area contributed by atoms with Gasteiger partial charge in [0.2, 0.25) is 5.91 Å². The molecule has 1 aromatic rings. The molecule has 4 nitrogen and oxygen atoms in total. The molecule has 1 rings (SSSR count). The van der Waals surface area contributed by atoms with Crippen LogP contribution in [0.15, 0.2) is 24.3 Å². The number of hydrogen-bond donors (Lipinski definition) is 1. The summed E-state index contributed by atoms with van der Waals surface area (Å²) in [5.41, 5.74) is 1.13. The van der Waals surface area contributed by atoms with E-state index in [1.807, 2.05) is 38.1 Å². The molecule has 0 saturated heterocycles. The maximum absolute atomic E-state index is 11.8. The van der Waals surface area contributed by atoms with E-state index in [-0.39, 0.29) is 18.0 Å². The molecule has 0 aliphatic rings. The molecule has 0 fully saturated rings. The lowest BCUT2D eigenvalue weighted by Crippen LogP contribution is -2.42. The van der Waals surface area contributed by atoms with Crippen molar-refractivity contribution in [1.82, 2.24) is 10.2 Å². The van der Waals surface area contributed by atoms with Gasteiger partial charge in [0.05, 0.1) is 13.2 Å². The minimum absolute atomic E-state index is 0.0790. The van der Waals surface area contributed by atoms with E-state index in [4.69, 9.17) is 4.74 Å². The van der Waals surface area contributed by atoms with Crippen LogP contribution in [-0.2, 0) is 4.79 Å². The average Bonchev–Trinajstić information content (AvgIpc) is 2.37. The number of ether oxygens (including phenoxy) is 1. The highest BCUT2D eigenvalue weighted by Crippen LogP contribution is 2.17. The number of carbonyl (C=O) groups excluding carboxylic acids is 1. The molecule has 0 bridgehead atoms. The van der Waals surface area contributed by atoms with Gasteiger partial charge in [-0.3, -0.25) is 10.1 Å². The lowest BCUT2D eigenvalue weighted by molar-refractivity contribution is -0.130. The molecule has 0 aliphatic heterocycles. The predicted octanol–water partition coefficient (Wildman–Crippen LogP) is 1.82. The molecule has 100 valence electrons. The van der Waals surface area contributed by atoms with Gasteiger partial charge in [-0.25, -0.2) is 0 Å². The lowest BCUT2D eigenvalue weighted by Gasteiger charge is -2.22. The molecule has 4 heteroatoms. The lowest BCUT2D eigenvalue weighted by atomic mass is 10.1. The van der Waals surface area contributed by atoms with Gasteiger partial charge in [0.1, 0.15) is 5.75 Å². The van der Waals surface area contributed by atoms with Gasteiger partial charge in [-0.2, -0.15) is 0 Å². The molecule has 0 aromatic heterocycles. The first-order valence-electron chi connectivity index (χ1n) is 6.07. The molecule has 1 aromatic carbocycles. The van der Waals surface area contributed by atoms with Crippen LogP contribution in [0.1, 0.15) is 25.5 Å². The first kappa shape index (κ1) is 14.5. The highest BCUT2D eigenvalue weighted by Gasteiger charge is 2.17. The van der Waals surface area contributed by atoms with Crippen molar-refractivity contribution in [1.29, 1.82) is 0 Å². The Labute approximate surface area is 109 Å². The summed E-state index contributed by atoms with van der Waals surface area (Å²) in [6.45, 7) is 3.92. The summed E-state index contributed by atoms with van der Waals surface area (Å²) < 4.78 is 5.12. The number of carbonyl (C=O) groups is 1. The van der Waals surface area contributed by atoms with Crippen LogP contribution >= 0.6 is 0 Å². The van der Waals surface area contributed by atoms with Crippen LogP contribution in [0.25, 0.3) is 0 Å². The monoisotopic (exact) mass is 250 g/mol. The van der Waals surface area contributed by atoms with Gasteiger partial charge in [0, 0.05) is 20.1 Å². The third kappa shape index (κ3) is 3.74. The van der Waals surface area contributed by atoms with E-state index in [1.165, 1.54) is 0 Å². The maximum Gasteiger partial charge on any atom is 0.238 e. The molecule has 18 heavy (non-hydrogen) atoms. The summed E-state index contributed by atoms with van der Waals surface area (Å²) in [7, 11) is 5.17. The van der Waals surface area contributed by atoms with Crippen LogP contribution in [-0.4, -0.2) is 38.1 Å². The first-order chi connectivity index (χ1) is 8.45. The van der Waals surface area contributed by atoms with Crippen molar-refractivity contribution < 1.29 is 9.53 Å². The Morgan fingerprint density at radius 3 is 2.22 bits per heavy atom. The van der Waals surface area contributed by atoms with Gasteiger partial charge in [-0.1, -0.05) is 12.1 Å². The minimum atomic E-state index is -0.197. The van der Waals surface area contributed by atoms with Gasteiger partial charge >= 0.3 is 0 Å². The summed E-state index contributed by atoms with van der Waals surface area (Å²) in [5.74, 6) is 0.915. The SMILES string of the molecule is COc1ccc([C@H](C)NC(C)C(=O)N(C)C)cc1. The molecule has 0 radical (unpaired) electrons. The normalized spacial score (nSPS) is 13.8. The predicted molar refractivity (Wildman–Crippen MR) is 72.7 cm³/mol. The van der Waals surface area contributed by atoms with E-state index in [9.17, 15) is 4.79 Å². The van der Waals surface area contributed by atoms with E-state index in [0.717, 1.165) is 11.3 Å². The number of methoxy groups -OCH3 is 1. The van der Waals surface area contributed by atoms with Crippen LogP contribution in [0.2, 0.25) is 0 Å². The summed E-state index contributed by atoms with van der Waals surface area (Å²) in [4.78, 5) is 13.3. The van der Waals surface area contributed by atoms with Crippen LogP contribution in [0, 0.1) is 0 Å². The van der Waals surface area contributed by atoms with Crippen LogP contribution in [0.5, 0.6) is 5.75 Å². The van der Waals surface area contributed by atoms with Crippen LogP contribution in [0.4, 0.5) is 0 Å². The molecule has 0 heterocycles. The molecular formula is C14H22N2O2. The van der Waals surface area contributed by atoms with Crippen molar-refractivity contribution in [2.45, 2.75) is 25.9 Å². The number of nitrogens with one attached hydrogen (secondary N) is 1. The zero-order valence-corrected chi connectivity index (χ0v) is 11.7. The minimum Gasteiger partial charge on any atom is -0.497 e. The van der Waals surface area contributed by atoms with E-state index < -0.39 is 0 Å². The molecule has 0 spiro atoms. The highest BCUT2D eigenvalue weighted by molar-refractivity contribution is 5.80. The van der Waals surface area contributed by atoms with Crippen LogP contribution in [0.3, 0.4) is 0 Å². The number of likely N-dealkylation sites (N-methyl/N-ethyl adjacent to an activating group) is 1. The number of amides is 1. The number of rotatable bonds is 5. The second-order valence-electron chi connectivity index (χ2n) is 4.62. The quantitative estimate of drug-likeness (QED) is 0.866. The molecule has 1 amide bonds. The second kappa shape index (κ2) is 6.40. The summed E-state index contributed by atoms with van der Waals surface area (Å²) in [5, 5.41) is 3.28. The van der Waals surface area contributed by atoms with Crippen molar-refractivity contribution in [3.63, 3.8) is 0 Å².